The highest BCUT2D eigenvalue weighted by atomic mass is 19.4. The number of rotatable bonds is 3. The van der Waals surface area contributed by atoms with E-state index in [0.29, 0.717) is 0 Å². The number of carbonyl (C=O) groups is 2. The van der Waals surface area contributed by atoms with Gasteiger partial charge in [0.1, 0.15) is 0 Å². The van der Waals surface area contributed by atoms with E-state index in [0.717, 1.165) is 12.1 Å². The summed E-state index contributed by atoms with van der Waals surface area (Å²) in [4.78, 5) is 23.1. The highest BCUT2D eigenvalue weighted by Gasteiger charge is 2.35. The van der Waals surface area contributed by atoms with Crippen LogP contribution in [0.2, 0.25) is 0 Å². The van der Waals surface area contributed by atoms with Gasteiger partial charge in [0, 0.05) is 13.0 Å². The Morgan fingerprint density at radius 2 is 2.10 bits per heavy atom. The highest BCUT2D eigenvalue weighted by Crippen LogP contribution is 2.36. The molecule has 1 unspecified atom stereocenters. The fourth-order valence-electron chi connectivity index (χ4n) is 2.10. The molecule has 0 radical (unpaired) electrons. The molecular formula is C12H13F3N4O2. The van der Waals surface area contributed by atoms with E-state index in [1.807, 2.05) is 5.43 Å². The molecule has 0 spiro atoms. The average Bonchev–Trinajstić information content (AvgIpc) is 2.82. The normalized spacial score (nSPS) is 18.3. The van der Waals surface area contributed by atoms with E-state index in [1.54, 1.807) is 0 Å². The predicted octanol–water partition coefficient (Wildman–Crippen LogP) is 0.609. The van der Waals surface area contributed by atoms with Gasteiger partial charge in [0.15, 0.2) is 0 Å². The first-order chi connectivity index (χ1) is 9.82. The SMILES string of the molecule is NNc1c(C(=O)NC2CNC(=O)C2)cccc1C(F)(F)F. The van der Waals surface area contributed by atoms with Gasteiger partial charge in [-0.3, -0.25) is 15.4 Å². The van der Waals surface area contributed by atoms with Crippen LogP contribution in [-0.4, -0.2) is 24.4 Å². The van der Waals surface area contributed by atoms with Crippen LogP contribution in [0.15, 0.2) is 18.2 Å². The summed E-state index contributed by atoms with van der Waals surface area (Å²) < 4.78 is 38.6. The first-order valence-electron chi connectivity index (χ1n) is 6.07. The van der Waals surface area contributed by atoms with Crippen molar-refractivity contribution >= 4 is 17.5 Å². The van der Waals surface area contributed by atoms with E-state index >= 15 is 0 Å². The Morgan fingerprint density at radius 1 is 1.38 bits per heavy atom. The molecule has 1 heterocycles. The van der Waals surface area contributed by atoms with Gasteiger partial charge in [-0.05, 0) is 12.1 Å². The van der Waals surface area contributed by atoms with Crippen LogP contribution in [0, 0.1) is 0 Å². The first kappa shape index (κ1) is 15.1. The Bertz CT molecular complexity index is 574. The van der Waals surface area contributed by atoms with Gasteiger partial charge in [-0.2, -0.15) is 13.2 Å². The lowest BCUT2D eigenvalue weighted by Gasteiger charge is -2.17. The molecule has 114 valence electrons. The van der Waals surface area contributed by atoms with Gasteiger partial charge >= 0.3 is 6.18 Å². The summed E-state index contributed by atoms with van der Waals surface area (Å²) in [5.41, 5.74) is 0.162. The van der Waals surface area contributed by atoms with Crippen LogP contribution < -0.4 is 21.9 Å². The second-order valence-electron chi connectivity index (χ2n) is 4.55. The summed E-state index contributed by atoms with van der Waals surface area (Å²) >= 11 is 0. The minimum Gasteiger partial charge on any atom is -0.354 e. The minimum atomic E-state index is -4.64. The standard InChI is InChI=1S/C12H13F3N4O2/c13-12(14,15)8-3-1-2-7(10(8)19-16)11(21)18-6-4-9(20)17-5-6/h1-3,6,19H,4-5,16H2,(H,17,20)(H,18,21). The molecule has 5 N–H and O–H groups in total. The van der Waals surface area contributed by atoms with Crippen molar-refractivity contribution in [1.82, 2.24) is 10.6 Å². The van der Waals surface area contributed by atoms with E-state index in [4.69, 9.17) is 5.84 Å². The van der Waals surface area contributed by atoms with Crippen LogP contribution in [0.4, 0.5) is 18.9 Å². The maximum Gasteiger partial charge on any atom is 0.418 e. The number of alkyl halides is 3. The molecule has 2 rings (SSSR count). The average molecular weight is 302 g/mol. The van der Waals surface area contributed by atoms with Crippen LogP contribution in [0.3, 0.4) is 0 Å². The summed E-state index contributed by atoms with van der Waals surface area (Å²) in [5.74, 6) is 4.17. The zero-order valence-electron chi connectivity index (χ0n) is 10.8. The lowest BCUT2D eigenvalue weighted by Crippen LogP contribution is -2.37. The van der Waals surface area contributed by atoms with Crippen molar-refractivity contribution in [3.05, 3.63) is 29.3 Å². The quantitative estimate of drug-likeness (QED) is 0.486. The smallest absolute Gasteiger partial charge is 0.354 e. The van der Waals surface area contributed by atoms with E-state index in [2.05, 4.69) is 10.6 Å². The monoisotopic (exact) mass is 302 g/mol. The molecule has 1 atom stereocenters. The zero-order valence-corrected chi connectivity index (χ0v) is 10.8. The number of hydrogen-bond donors (Lipinski definition) is 4. The molecule has 1 aromatic carbocycles. The van der Waals surface area contributed by atoms with E-state index in [1.165, 1.54) is 6.07 Å². The number of amides is 2. The van der Waals surface area contributed by atoms with E-state index in [-0.39, 0.29) is 24.4 Å². The largest absolute Gasteiger partial charge is 0.418 e. The van der Waals surface area contributed by atoms with Crippen LogP contribution in [-0.2, 0) is 11.0 Å². The highest BCUT2D eigenvalue weighted by molar-refractivity contribution is 6.00. The number of nitrogens with one attached hydrogen (secondary N) is 3. The van der Waals surface area contributed by atoms with Crippen molar-refractivity contribution in [1.29, 1.82) is 0 Å². The fraction of sp³-hybridized carbons (Fsp3) is 0.333. The van der Waals surface area contributed by atoms with Crippen molar-refractivity contribution in [2.45, 2.75) is 18.6 Å². The molecule has 1 aliphatic rings. The molecule has 0 aromatic heterocycles. The molecule has 6 nitrogen and oxygen atoms in total. The number of para-hydroxylation sites is 1. The van der Waals surface area contributed by atoms with Crippen LogP contribution >= 0.6 is 0 Å². The Kier molecular flexibility index (Phi) is 4.03. The maximum atomic E-state index is 12.9. The lowest BCUT2D eigenvalue weighted by molar-refractivity contribution is -0.137. The van der Waals surface area contributed by atoms with Crippen molar-refractivity contribution in [3.63, 3.8) is 0 Å². The third kappa shape index (κ3) is 3.24. The zero-order chi connectivity index (χ0) is 15.6. The summed E-state index contributed by atoms with van der Waals surface area (Å²) in [7, 11) is 0. The van der Waals surface area contributed by atoms with Gasteiger partial charge in [-0.1, -0.05) is 6.07 Å². The third-order valence-corrected chi connectivity index (χ3v) is 3.07. The van der Waals surface area contributed by atoms with Gasteiger partial charge in [-0.15, -0.1) is 0 Å². The fourth-order valence-corrected chi connectivity index (χ4v) is 2.10. The molecule has 0 aliphatic carbocycles. The number of benzene rings is 1. The Hall–Kier alpha value is -2.29. The number of nitrogen functional groups attached to an aromatic ring is 1. The number of hydrazine groups is 1. The maximum absolute atomic E-state index is 12.9. The number of hydrogen-bond acceptors (Lipinski definition) is 4. The van der Waals surface area contributed by atoms with Crippen molar-refractivity contribution in [3.8, 4) is 0 Å². The summed E-state index contributed by atoms with van der Waals surface area (Å²) in [6.07, 6.45) is -4.54. The third-order valence-electron chi connectivity index (χ3n) is 3.07. The minimum absolute atomic E-state index is 0.0933. The second-order valence-corrected chi connectivity index (χ2v) is 4.55. The number of halogens is 3. The molecule has 0 saturated carbocycles. The van der Waals surface area contributed by atoms with E-state index < -0.39 is 29.4 Å². The topological polar surface area (TPSA) is 96.2 Å². The molecule has 1 aromatic rings. The summed E-state index contributed by atoms with van der Waals surface area (Å²) in [5, 5.41) is 5.01. The van der Waals surface area contributed by atoms with Crippen molar-refractivity contribution in [2.75, 3.05) is 12.0 Å². The number of carbonyl (C=O) groups excluding carboxylic acids is 2. The molecule has 9 heteroatoms. The molecule has 1 fully saturated rings. The van der Waals surface area contributed by atoms with Gasteiger partial charge in [0.2, 0.25) is 5.91 Å². The van der Waals surface area contributed by atoms with Gasteiger partial charge in [-0.25, -0.2) is 0 Å². The predicted molar refractivity (Wildman–Crippen MR) is 68.1 cm³/mol. The van der Waals surface area contributed by atoms with Gasteiger partial charge in [0.05, 0.1) is 22.9 Å². The molecule has 2 amide bonds. The first-order valence-corrected chi connectivity index (χ1v) is 6.07. The van der Waals surface area contributed by atoms with Crippen LogP contribution in [0.25, 0.3) is 0 Å². The molecule has 1 aliphatic heterocycles. The molecular weight excluding hydrogens is 289 g/mol. The van der Waals surface area contributed by atoms with Crippen molar-refractivity contribution in [2.24, 2.45) is 5.84 Å². The molecule has 21 heavy (non-hydrogen) atoms. The molecule has 0 bridgehead atoms. The molecule has 1 saturated heterocycles. The lowest BCUT2D eigenvalue weighted by atomic mass is 10.1. The summed E-state index contributed by atoms with van der Waals surface area (Å²) in [6, 6.07) is 2.72. The van der Waals surface area contributed by atoms with Crippen LogP contribution in [0.5, 0.6) is 0 Å². The van der Waals surface area contributed by atoms with Crippen LogP contribution in [0.1, 0.15) is 22.3 Å². The van der Waals surface area contributed by atoms with Gasteiger partial charge < -0.3 is 16.1 Å². The van der Waals surface area contributed by atoms with Gasteiger partial charge in [0.25, 0.3) is 5.91 Å². The number of nitrogens with two attached hydrogens (primary N) is 1. The van der Waals surface area contributed by atoms with Crippen molar-refractivity contribution < 1.29 is 22.8 Å². The Balaban J connectivity index is 2.26. The second kappa shape index (κ2) is 5.60. The summed E-state index contributed by atoms with van der Waals surface area (Å²) in [6.45, 7) is 0.245. The Morgan fingerprint density at radius 3 is 2.62 bits per heavy atom. The number of anilines is 1. The Labute approximate surface area is 117 Å². The van der Waals surface area contributed by atoms with E-state index in [9.17, 15) is 22.8 Å².